The van der Waals surface area contributed by atoms with E-state index in [1.165, 1.54) is 12.8 Å². The first-order chi connectivity index (χ1) is 5.77. The van der Waals surface area contributed by atoms with Gasteiger partial charge in [-0.3, -0.25) is 0 Å². The molecule has 2 rings (SSSR count). The van der Waals surface area contributed by atoms with Crippen LogP contribution in [0, 0.1) is 0 Å². The maximum atomic E-state index is 5.55. The standard InChI is InChI=1S/C9H12BrNO/c10-8-2-1-7(12-8)9(3-4-9)5-6-11/h1-2H,3-6,11H2. The summed E-state index contributed by atoms with van der Waals surface area (Å²) in [5, 5.41) is 0. The van der Waals surface area contributed by atoms with Crippen LogP contribution in [-0.2, 0) is 5.41 Å². The zero-order valence-electron chi connectivity index (χ0n) is 6.85. The molecule has 0 unspecified atom stereocenters. The van der Waals surface area contributed by atoms with E-state index in [4.69, 9.17) is 10.2 Å². The Morgan fingerprint density at radius 1 is 1.50 bits per heavy atom. The molecule has 1 fully saturated rings. The Hall–Kier alpha value is -0.280. The van der Waals surface area contributed by atoms with Crippen molar-refractivity contribution in [1.29, 1.82) is 0 Å². The van der Waals surface area contributed by atoms with E-state index in [0.29, 0.717) is 5.41 Å². The summed E-state index contributed by atoms with van der Waals surface area (Å²) in [5.41, 5.74) is 5.84. The highest BCUT2D eigenvalue weighted by Gasteiger charge is 2.45. The average Bonchev–Trinajstić information content (AvgIpc) is 2.69. The highest BCUT2D eigenvalue weighted by atomic mass is 79.9. The lowest BCUT2D eigenvalue weighted by atomic mass is 10.00. The minimum absolute atomic E-state index is 0.292. The van der Waals surface area contributed by atoms with Crippen molar-refractivity contribution >= 4 is 15.9 Å². The lowest BCUT2D eigenvalue weighted by Crippen LogP contribution is -2.12. The number of hydrogen-bond acceptors (Lipinski definition) is 2. The van der Waals surface area contributed by atoms with Crippen molar-refractivity contribution in [2.45, 2.75) is 24.7 Å². The molecule has 1 aromatic rings. The van der Waals surface area contributed by atoms with Gasteiger partial charge in [-0.2, -0.15) is 0 Å². The van der Waals surface area contributed by atoms with Crippen molar-refractivity contribution in [2.75, 3.05) is 6.54 Å². The van der Waals surface area contributed by atoms with Gasteiger partial charge in [0.25, 0.3) is 0 Å². The first-order valence-corrected chi connectivity index (χ1v) is 5.02. The predicted octanol–water partition coefficient (Wildman–Crippen LogP) is 2.42. The van der Waals surface area contributed by atoms with Gasteiger partial charge in [-0.05, 0) is 53.9 Å². The van der Waals surface area contributed by atoms with Crippen LogP contribution in [0.1, 0.15) is 25.0 Å². The summed E-state index contributed by atoms with van der Waals surface area (Å²) in [4.78, 5) is 0. The fraction of sp³-hybridized carbons (Fsp3) is 0.556. The Kier molecular flexibility index (Phi) is 2.00. The Balaban J connectivity index is 2.18. The fourth-order valence-corrected chi connectivity index (χ4v) is 1.95. The van der Waals surface area contributed by atoms with E-state index >= 15 is 0 Å². The van der Waals surface area contributed by atoms with Gasteiger partial charge in [0.15, 0.2) is 4.67 Å². The van der Waals surface area contributed by atoms with E-state index in [0.717, 1.165) is 23.4 Å². The monoisotopic (exact) mass is 229 g/mol. The molecule has 0 aliphatic heterocycles. The minimum atomic E-state index is 0.292. The second-order valence-corrected chi connectivity index (χ2v) is 4.20. The Morgan fingerprint density at radius 3 is 2.67 bits per heavy atom. The molecule has 1 aromatic heterocycles. The van der Waals surface area contributed by atoms with Crippen LogP contribution in [0.4, 0.5) is 0 Å². The molecule has 0 aromatic carbocycles. The van der Waals surface area contributed by atoms with Crippen molar-refractivity contribution in [3.8, 4) is 0 Å². The molecule has 2 N–H and O–H groups in total. The van der Waals surface area contributed by atoms with E-state index in [9.17, 15) is 0 Å². The quantitative estimate of drug-likeness (QED) is 0.865. The smallest absolute Gasteiger partial charge is 0.169 e. The van der Waals surface area contributed by atoms with Crippen LogP contribution in [0.15, 0.2) is 21.2 Å². The number of furan rings is 1. The van der Waals surface area contributed by atoms with Crippen molar-refractivity contribution in [1.82, 2.24) is 0 Å². The molecule has 12 heavy (non-hydrogen) atoms. The van der Waals surface area contributed by atoms with Gasteiger partial charge in [0.05, 0.1) is 0 Å². The molecule has 1 saturated carbocycles. The molecule has 2 nitrogen and oxygen atoms in total. The molecule has 0 amide bonds. The summed E-state index contributed by atoms with van der Waals surface area (Å²) >= 11 is 3.31. The first-order valence-electron chi connectivity index (χ1n) is 4.23. The first kappa shape index (κ1) is 8.32. The van der Waals surface area contributed by atoms with Crippen LogP contribution in [0.3, 0.4) is 0 Å². The largest absolute Gasteiger partial charge is 0.454 e. The zero-order chi connectivity index (χ0) is 8.60. The van der Waals surface area contributed by atoms with Gasteiger partial charge in [-0.25, -0.2) is 0 Å². The van der Waals surface area contributed by atoms with E-state index < -0.39 is 0 Å². The second kappa shape index (κ2) is 2.89. The van der Waals surface area contributed by atoms with E-state index in [1.54, 1.807) is 0 Å². The number of nitrogens with two attached hydrogens (primary N) is 1. The van der Waals surface area contributed by atoms with Gasteiger partial charge >= 0.3 is 0 Å². The molecule has 3 heteroatoms. The van der Waals surface area contributed by atoms with Gasteiger partial charge in [0, 0.05) is 5.41 Å². The van der Waals surface area contributed by atoms with E-state index in [-0.39, 0.29) is 0 Å². The molecule has 1 aliphatic rings. The Bertz CT molecular complexity index is 278. The second-order valence-electron chi connectivity index (χ2n) is 3.42. The maximum absolute atomic E-state index is 5.55. The van der Waals surface area contributed by atoms with Gasteiger partial charge in [-0.1, -0.05) is 0 Å². The van der Waals surface area contributed by atoms with Crippen LogP contribution < -0.4 is 5.73 Å². The highest BCUT2D eigenvalue weighted by Crippen LogP contribution is 2.51. The van der Waals surface area contributed by atoms with Gasteiger partial charge in [-0.15, -0.1) is 0 Å². The average molecular weight is 230 g/mol. The van der Waals surface area contributed by atoms with Gasteiger partial charge < -0.3 is 10.2 Å². The molecule has 0 bridgehead atoms. The normalized spacial score (nSPS) is 19.5. The fourth-order valence-electron chi connectivity index (χ4n) is 1.65. The molecular weight excluding hydrogens is 218 g/mol. The maximum Gasteiger partial charge on any atom is 0.169 e. The van der Waals surface area contributed by atoms with Crippen LogP contribution >= 0.6 is 15.9 Å². The van der Waals surface area contributed by atoms with Crippen LogP contribution in [-0.4, -0.2) is 6.54 Å². The third-order valence-corrected chi connectivity index (χ3v) is 3.00. The lowest BCUT2D eigenvalue weighted by Gasteiger charge is -2.09. The van der Waals surface area contributed by atoms with Gasteiger partial charge in [0.1, 0.15) is 5.76 Å². The third kappa shape index (κ3) is 1.31. The predicted molar refractivity (Wildman–Crippen MR) is 51.0 cm³/mol. The van der Waals surface area contributed by atoms with Crippen LogP contribution in [0.5, 0.6) is 0 Å². The van der Waals surface area contributed by atoms with Crippen LogP contribution in [0.2, 0.25) is 0 Å². The van der Waals surface area contributed by atoms with Crippen molar-refractivity contribution in [2.24, 2.45) is 5.73 Å². The molecule has 0 saturated heterocycles. The SMILES string of the molecule is NCCC1(c2ccc(Br)o2)CC1. The minimum Gasteiger partial charge on any atom is -0.454 e. The van der Waals surface area contributed by atoms with Crippen molar-refractivity contribution in [3.63, 3.8) is 0 Å². The van der Waals surface area contributed by atoms with Crippen molar-refractivity contribution < 1.29 is 4.42 Å². The summed E-state index contributed by atoms with van der Waals surface area (Å²) in [6.45, 7) is 0.748. The molecule has 0 atom stereocenters. The summed E-state index contributed by atoms with van der Waals surface area (Å²) in [6.07, 6.45) is 3.50. The van der Waals surface area contributed by atoms with E-state index in [2.05, 4.69) is 15.9 Å². The number of halogens is 1. The highest BCUT2D eigenvalue weighted by molar-refractivity contribution is 9.10. The van der Waals surface area contributed by atoms with Crippen molar-refractivity contribution in [3.05, 3.63) is 22.6 Å². The van der Waals surface area contributed by atoms with Crippen LogP contribution in [0.25, 0.3) is 0 Å². The molecule has 1 aliphatic carbocycles. The summed E-state index contributed by atoms with van der Waals surface area (Å²) in [7, 11) is 0. The molecular formula is C9H12BrNO. The third-order valence-electron chi connectivity index (χ3n) is 2.57. The zero-order valence-corrected chi connectivity index (χ0v) is 8.43. The summed E-state index contributed by atoms with van der Waals surface area (Å²) in [5.74, 6) is 1.10. The molecule has 0 radical (unpaired) electrons. The lowest BCUT2D eigenvalue weighted by molar-refractivity contribution is 0.423. The molecule has 1 heterocycles. The summed E-state index contributed by atoms with van der Waals surface area (Å²) < 4.78 is 6.34. The Labute approximate surface area is 80.3 Å². The van der Waals surface area contributed by atoms with E-state index in [1.807, 2.05) is 12.1 Å². The topological polar surface area (TPSA) is 39.2 Å². The Morgan fingerprint density at radius 2 is 2.25 bits per heavy atom. The number of rotatable bonds is 3. The summed E-state index contributed by atoms with van der Waals surface area (Å²) in [6, 6.07) is 4.00. The molecule has 66 valence electrons. The number of hydrogen-bond donors (Lipinski definition) is 1. The molecule has 0 spiro atoms. The van der Waals surface area contributed by atoms with Gasteiger partial charge in [0.2, 0.25) is 0 Å².